The van der Waals surface area contributed by atoms with E-state index in [2.05, 4.69) is 5.32 Å². The highest BCUT2D eigenvalue weighted by Gasteiger charge is 2.55. The highest BCUT2D eigenvalue weighted by Crippen LogP contribution is 2.38. The summed E-state index contributed by atoms with van der Waals surface area (Å²) in [5, 5.41) is 12.2. The molecule has 0 bridgehead atoms. The molecule has 0 heterocycles. The molecule has 0 spiro atoms. The molecule has 0 aliphatic carbocycles. The van der Waals surface area contributed by atoms with Gasteiger partial charge in [0.2, 0.25) is 5.60 Å². The van der Waals surface area contributed by atoms with Crippen molar-refractivity contribution < 1.29 is 32.5 Å². The molecule has 0 aromatic heterocycles. The number of ether oxygens (including phenoxy) is 2. The van der Waals surface area contributed by atoms with Crippen LogP contribution in [0, 0.1) is 0 Å². The molecule has 0 aliphatic heterocycles. The van der Waals surface area contributed by atoms with Crippen LogP contribution >= 0.6 is 0 Å². The van der Waals surface area contributed by atoms with Crippen LogP contribution < -0.4 is 14.8 Å². The Morgan fingerprint density at radius 3 is 2.07 bits per heavy atom. The van der Waals surface area contributed by atoms with Gasteiger partial charge in [-0.05, 0) is 36.8 Å². The molecule has 0 fully saturated rings. The van der Waals surface area contributed by atoms with Crippen LogP contribution in [0.5, 0.6) is 11.5 Å². The predicted octanol–water partition coefficient (Wildman–Crippen LogP) is 3.03. The van der Waals surface area contributed by atoms with Gasteiger partial charge in [-0.1, -0.05) is 30.3 Å². The van der Waals surface area contributed by atoms with Crippen LogP contribution in [0.15, 0.2) is 54.6 Å². The van der Waals surface area contributed by atoms with E-state index in [1.165, 1.54) is 18.2 Å². The predicted molar refractivity (Wildman–Crippen MR) is 92.5 cm³/mol. The molecular formula is C19H20F3NO4. The topological polar surface area (TPSA) is 67.8 Å². The number of aliphatic hydroxyl groups is 1. The second kappa shape index (κ2) is 8.77. The molecule has 2 aromatic rings. The van der Waals surface area contributed by atoms with Crippen LogP contribution in [0.3, 0.4) is 0 Å². The number of carbonyl (C=O) groups is 1. The van der Waals surface area contributed by atoms with E-state index in [0.29, 0.717) is 18.1 Å². The smallest absolute Gasteiger partial charge is 0.423 e. The molecule has 146 valence electrons. The summed E-state index contributed by atoms with van der Waals surface area (Å²) in [7, 11) is 0. The molecule has 8 heteroatoms. The first-order valence-electron chi connectivity index (χ1n) is 8.23. The number of alkyl halides is 3. The van der Waals surface area contributed by atoms with Crippen molar-refractivity contribution in [3.8, 4) is 11.5 Å². The first-order chi connectivity index (χ1) is 12.8. The van der Waals surface area contributed by atoms with Crippen molar-refractivity contribution >= 4 is 5.91 Å². The molecular weight excluding hydrogens is 363 g/mol. The van der Waals surface area contributed by atoms with E-state index < -0.39 is 30.8 Å². The molecule has 5 nitrogen and oxygen atoms in total. The third kappa shape index (κ3) is 5.37. The van der Waals surface area contributed by atoms with Crippen LogP contribution in [0.2, 0.25) is 0 Å². The molecule has 0 saturated heterocycles. The molecule has 0 aliphatic rings. The average molecular weight is 383 g/mol. The van der Waals surface area contributed by atoms with Gasteiger partial charge in [0.05, 0.1) is 13.2 Å². The zero-order valence-electron chi connectivity index (χ0n) is 14.6. The lowest BCUT2D eigenvalue weighted by Gasteiger charge is -2.31. The standard InChI is InChI=1S/C19H20F3NO4/c1-2-26-15-8-10-16(11-9-15)27-12-17(24)23-13-18(25,19(20,21)22)14-6-4-3-5-7-14/h3-11,25H,2,12-13H2,1H3,(H,23,24). The fourth-order valence-corrected chi connectivity index (χ4v) is 2.30. The summed E-state index contributed by atoms with van der Waals surface area (Å²) in [6, 6.07) is 13.0. The fourth-order valence-electron chi connectivity index (χ4n) is 2.30. The Labute approximate surface area is 154 Å². The Kier molecular flexibility index (Phi) is 6.68. The van der Waals surface area contributed by atoms with Crippen molar-refractivity contribution in [2.75, 3.05) is 19.8 Å². The maximum absolute atomic E-state index is 13.3. The summed E-state index contributed by atoms with van der Waals surface area (Å²) in [5.74, 6) is 0.206. The summed E-state index contributed by atoms with van der Waals surface area (Å²) in [6.45, 7) is 0.834. The van der Waals surface area contributed by atoms with E-state index >= 15 is 0 Å². The molecule has 2 N–H and O–H groups in total. The minimum atomic E-state index is -4.96. The molecule has 2 rings (SSSR count). The van der Waals surface area contributed by atoms with Crippen LogP contribution in [0.1, 0.15) is 12.5 Å². The third-order valence-electron chi connectivity index (χ3n) is 3.77. The molecule has 0 saturated carbocycles. The number of benzene rings is 2. The molecule has 27 heavy (non-hydrogen) atoms. The molecule has 1 unspecified atom stereocenters. The summed E-state index contributed by atoms with van der Waals surface area (Å²) >= 11 is 0. The third-order valence-corrected chi connectivity index (χ3v) is 3.77. The van der Waals surface area contributed by atoms with Crippen molar-refractivity contribution in [2.24, 2.45) is 0 Å². The van der Waals surface area contributed by atoms with E-state index in [0.717, 1.165) is 12.1 Å². The number of rotatable bonds is 8. The number of nitrogens with one attached hydrogen (secondary N) is 1. The van der Waals surface area contributed by atoms with E-state index in [1.54, 1.807) is 24.3 Å². The van der Waals surface area contributed by atoms with Crippen molar-refractivity contribution in [3.63, 3.8) is 0 Å². The van der Waals surface area contributed by atoms with Gasteiger partial charge < -0.3 is 19.9 Å². The number of halogens is 3. The molecule has 1 amide bonds. The first kappa shape index (κ1) is 20.6. The van der Waals surface area contributed by atoms with Crippen molar-refractivity contribution in [1.82, 2.24) is 5.32 Å². The minimum absolute atomic E-state index is 0.356. The van der Waals surface area contributed by atoms with Gasteiger partial charge >= 0.3 is 6.18 Å². The lowest BCUT2D eigenvalue weighted by atomic mass is 9.93. The van der Waals surface area contributed by atoms with Gasteiger partial charge in [0.25, 0.3) is 5.91 Å². The fraction of sp³-hybridized carbons (Fsp3) is 0.316. The zero-order chi connectivity index (χ0) is 19.9. The maximum Gasteiger partial charge on any atom is 0.423 e. The van der Waals surface area contributed by atoms with Gasteiger partial charge in [0.1, 0.15) is 11.5 Å². The monoisotopic (exact) mass is 383 g/mol. The van der Waals surface area contributed by atoms with E-state index in [1.807, 2.05) is 6.92 Å². The Hall–Kier alpha value is -2.74. The number of carbonyl (C=O) groups excluding carboxylic acids is 1. The van der Waals surface area contributed by atoms with Gasteiger partial charge in [-0.25, -0.2) is 0 Å². The maximum atomic E-state index is 13.3. The second-order valence-corrected chi connectivity index (χ2v) is 5.69. The zero-order valence-corrected chi connectivity index (χ0v) is 14.6. The van der Waals surface area contributed by atoms with Crippen LogP contribution in [0.25, 0.3) is 0 Å². The summed E-state index contributed by atoms with van der Waals surface area (Å²) in [4.78, 5) is 11.9. The lowest BCUT2D eigenvalue weighted by Crippen LogP contribution is -2.51. The highest BCUT2D eigenvalue weighted by molar-refractivity contribution is 5.77. The summed E-state index contributed by atoms with van der Waals surface area (Å²) < 4.78 is 50.5. The SMILES string of the molecule is CCOc1ccc(OCC(=O)NCC(O)(c2ccccc2)C(F)(F)F)cc1. The van der Waals surface area contributed by atoms with E-state index in [9.17, 15) is 23.1 Å². The number of amides is 1. The van der Waals surface area contributed by atoms with E-state index in [-0.39, 0.29) is 5.56 Å². The quantitative estimate of drug-likeness (QED) is 0.735. The summed E-state index contributed by atoms with van der Waals surface area (Å²) in [5.41, 5.74) is -3.55. The van der Waals surface area contributed by atoms with Gasteiger partial charge in [0.15, 0.2) is 6.61 Å². The van der Waals surface area contributed by atoms with Crippen LogP contribution in [-0.2, 0) is 10.4 Å². The van der Waals surface area contributed by atoms with Crippen molar-refractivity contribution in [1.29, 1.82) is 0 Å². The lowest BCUT2D eigenvalue weighted by molar-refractivity contribution is -0.264. The Bertz CT molecular complexity index is 735. The minimum Gasteiger partial charge on any atom is -0.494 e. The largest absolute Gasteiger partial charge is 0.494 e. The van der Waals surface area contributed by atoms with Gasteiger partial charge in [-0.3, -0.25) is 4.79 Å². The number of hydrogen-bond donors (Lipinski definition) is 2. The van der Waals surface area contributed by atoms with Crippen molar-refractivity contribution in [2.45, 2.75) is 18.7 Å². The van der Waals surface area contributed by atoms with Crippen LogP contribution in [0.4, 0.5) is 13.2 Å². The van der Waals surface area contributed by atoms with Crippen LogP contribution in [-0.4, -0.2) is 36.9 Å². The van der Waals surface area contributed by atoms with Gasteiger partial charge in [0, 0.05) is 0 Å². The second-order valence-electron chi connectivity index (χ2n) is 5.69. The highest BCUT2D eigenvalue weighted by atomic mass is 19.4. The normalized spacial score (nSPS) is 13.5. The molecule has 2 aromatic carbocycles. The number of hydrogen-bond acceptors (Lipinski definition) is 4. The van der Waals surface area contributed by atoms with Gasteiger partial charge in [-0.2, -0.15) is 13.2 Å². The summed E-state index contributed by atoms with van der Waals surface area (Å²) in [6.07, 6.45) is -4.96. The van der Waals surface area contributed by atoms with E-state index in [4.69, 9.17) is 9.47 Å². The Morgan fingerprint density at radius 1 is 1.00 bits per heavy atom. The Balaban J connectivity index is 1.94. The molecule has 1 atom stereocenters. The Morgan fingerprint density at radius 2 is 1.56 bits per heavy atom. The molecule has 0 radical (unpaired) electrons. The first-order valence-corrected chi connectivity index (χ1v) is 8.23. The van der Waals surface area contributed by atoms with Crippen molar-refractivity contribution in [3.05, 3.63) is 60.2 Å². The average Bonchev–Trinajstić information content (AvgIpc) is 2.65. The van der Waals surface area contributed by atoms with Gasteiger partial charge in [-0.15, -0.1) is 0 Å².